The summed E-state index contributed by atoms with van der Waals surface area (Å²) < 4.78 is 68.0. The number of rotatable bonds is 12. The number of amides is 4. The highest BCUT2D eigenvalue weighted by Gasteiger charge is 2.38. The van der Waals surface area contributed by atoms with Crippen molar-refractivity contribution in [2.75, 3.05) is 78.8 Å². The second-order valence-corrected chi connectivity index (χ2v) is 18.9. The number of fused-ring (bicyclic) bond motifs is 2. The first kappa shape index (κ1) is 47.3. The maximum absolute atomic E-state index is 15.7. The number of urea groups is 1. The molecular formula is C45H46F2N14O8S. The molecule has 3 aliphatic heterocycles. The van der Waals surface area contributed by atoms with Gasteiger partial charge in [-0.3, -0.25) is 38.6 Å². The van der Waals surface area contributed by atoms with Crippen LogP contribution in [0.1, 0.15) is 38.2 Å². The Morgan fingerprint density at radius 1 is 0.957 bits per heavy atom. The van der Waals surface area contributed by atoms with Gasteiger partial charge in [-0.15, -0.1) is 0 Å². The number of nitriles is 1. The van der Waals surface area contributed by atoms with Gasteiger partial charge >= 0.3 is 16.2 Å². The van der Waals surface area contributed by atoms with Crippen molar-refractivity contribution in [1.82, 2.24) is 43.8 Å². The Bertz CT molecular complexity index is 3290. The molecule has 0 bridgehead atoms. The second-order valence-electron chi connectivity index (χ2n) is 17.2. The smallest absolute Gasteiger partial charge is 0.329 e. The third kappa shape index (κ3) is 9.10. The van der Waals surface area contributed by atoms with Crippen molar-refractivity contribution >= 4 is 73.0 Å². The maximum Gasteiger partial charge on any atom is 0.329 e. The van der Waals surface area contributed by atoms with Crippen molar-refractivity contribution in [2.24, 2.45) is 7.05 Å². The first-order valence-electron chi connectivity index (χ1n) is 22.2. The Morgan fingerprint density at radius 3 is 2.37 bits per heavy atom. The summed E-state index contributed by atoms with van der Waals surface area (Å²) in [6, 6.07) is 10.5. The predicted molar refractivity (Wildman–Crippen MR) is 251 cm³/mol. The lowest BCUT2D eigenvalue weighted by Crippen LogP contribution is -2.52. The molecule has 9 rings (SSSR count). The number of aromatic nitrogens is 6. The Morgan fingerprint density at radius 2 is 1.69 bits per heavy atom. The van der Waals surface area contributed by atoms with E-state index >= 15 is 8.78 Å². The topological polar surface area (TPSA) is 257 Å². The van der Waals surface area contributed by atoms with Crippen LogP contribution < -0.4 is 35.0 Å². The van der Waals surface area contributed by atoms with Crippen LogP contribution in [0.2, 0.25) is 0 Å². The highest BCUT2D eigenvalue weighted by molar-refractivity contribution is 7.90. The molecule has 3 aromatic carbocycles. The Labute approximate surface area is 398 Å². The van der Waals surface area contributed by atoms with Gasteiger partial charge in [-0.1, -0.05) is 6.92 Å². The van der Waals surface area contributed by atoms with Crippen LogP contribution in [0.25, 0.3) is 27.5 Å². The summed E-state index contributed by atoms with van der Waals surface area (Å²) in [5.41, 5.74) is -0.967. The lowest BCUT2D eigenvalue weighted by molar-refractivity contribution is -0.137. The third-order valence-corrected chi connectivity index (χ3v) is 14.4. The summed E-state index contributed by atoms with van der Waals surface area (Å²) in [6.07, 6.45) is 4.65. The zero-order valence-electron chi connectivity index (χ0n) is 38.1. The minimum atomic E-state index is -4.06. The minimum absolute atomic E-state index is 0.0229. The summed E-state index contributed by atoms with van der Waals surface area (Å²) in [5.74, 6) is -2.03. The molecule has 22 nitrogen and oxygen atoms in total. The van der Waals surface area contributed by atoms with Crippen LogP contribution in [0.4, 0.5) is 36.7 Å². The molecule has 0 radical (unpaired) electrons. The van der Waals surface area contributed by atoms with E-state index < -0.39 is 50.3 Å². The first-order chi connectivity index (χ1) is 33.4. The number of imide groups is 1. The molecule has 0 spiro atoms. The van der Waals surface area contributed by atoms with Gasteiger partial charge in [0.05, 0.1) is 57.9 Å². The normalized spacial score (nSPS) is 16.5. The van der Waals surface area contributed by atoms with Crippen LogP contribution in [0.3, 0.4) is 0 Å². The quantitative estimate of drug-likeness (QED) is 0.159. The number of carbonyl (C=O) groups excluding carboxylic acids is 3. The summed E-state index contributed by atoms with van der Waals surface area (Å²) in [4.78, 5) is 71.5. The van der Waals surface area contributed by atoms with Crippen molar-refractivity contribution in [3.8, 4) is 23.3 Å². The number of hydrogen-bond acceptors (Lipinski definition) is 15. The number of benzene rings is 3. The van der Waals surface area contributed by atoms with E-state index in [9.17, 15) is 38.0 Å². The maximum atomic E-state index is 15.7. The monoisotopic (exact) mass is 980 g/mol. The Balaban J connectivity index is 0.808. The highest BCUT2D eigenvalue weighted by atomic mass is 32.2. The number of nitrogens with one attached hydrogen (secondary N) is 2. The van der Waals surface area contributed by atoms with Gasteiger partial charge in [0.25, 0.3) is 5.56 Å². The molecule has 3 N–H and O–H groups in total. The van der Waals surface area contributed by atoms with Crippen molar-refractivity contribution in [2.45, 2.75) is 38.2 Å². The van der Waals surface area contributed by atoms with E-state index in [1.807, 2.05) is 9.80 Å². The SMILES string of the molecule is CCN(C)S(=O)(=O)Nc1ccc(F)c(Oc2ccc3ncn(-c4cnc(N5CCN(C(=O)CC6(O)CCN(c7cc8c(cc7F)c(N7CCC(=O)NC7=O)nn8C)CC6)CC5)nc4)c(=O)c3c2)c1C#N. The Kier molecular flexibility index (Phi) is 12.5. The molecule has 364 valence electrons. The van der Waals surface area contributed by atoms with Gasteiger partial charge < -0.3 is 24.5 Å². The zero-order valence-corrected chi connectivity index (χ0v) is 38.9. The number of piperazine rings is 1. The van der Waals surface area contributed by atoms with Crippen molar-refractivity contribution in [3.05, 3.63) is 88.7 Å². The van der Waals surface area contributed by atoms with Crippen LogP contribution in [-0.2, 0) is 26.8 Å². The zero-order chi connectivity index (χ0) is 49.6. The molecule has 4 amide bonds. The third-order valence-electron chi connectivity index (χ3n) is 12.8. The van der Waals surface area contributed by atoms with Crippen LogP contribution in [-0.4, -0.2) is 135 Å². The van der Waals surface area contributed by atoms with E-state index in [1.54, 1.807) is 35.7 Å². The summed E-state index contributed by atoms with van der Waals surface area (Å²) >= 11 is 0. The average molecular weight is 981 g/mol. The summed E-state index contributed by atoms with van der Waals surface area (Å²) in [7, 11) is -1.03. The van der Waals surface area contributed by atoms with Gasteiger partial charge in [-0.2, -0.15) is 23.1 Å². The van der Waals surface area contributed by atoms with E-state index in [-0.39, 0.29) is 78.9 Å². The molecule has 0 aliphatic carbocycles. The van der Waals surface area contributed by atoms with Gasteiger partial charge in [-0.25, -0.2) is 28.5 Å². The number of anilines is 4. The van der Waals surface area contributed by atoms with Gasteiger partial charge in [0.2, 0.25) is 17.8 Å². The van der Waals surface area contributed by atoms with E-state index in [0.29, 0.717) is 67.3 Å². The summed E-state index contributed by atoms with van der Waals surface area (Å²) in [5, 5.41) is 28.7. The second kappa shape index (κ2) is 18.6. The van der Waals surface area contributed by atoms with Crippen LogP contribution in [0, 0.1) is 23.0 Å². The van der Waals surface area contributed by atoms with Crippen LogP contribution in [0.5, 0.6) is 11.5 Å². The number of halogens is 2. The minimum Gasteiger partial charge on any atom is -0.453 e. The molecule has 3 aliphatic rings. The fraction of sp³-hybridized carbons (Fsp3) is 0.356. The molecule has 0 unspecified atom stereocenters. The van der Waals surface area contributed by atoms with Gasteiger partial charge in [0.15, 0.2) is 17.4 Å². The van der Waals surface area contributed by atoms with E-state index in [4.69, 9.17) is 4.74 Å². The molecule has 6 aromatic rings. The molecule has 25 heteroatoms. The number of nitrogens with zero attached hydrogens (tertiary/aromatic N) is 12. The van der Waals surface area contributed by atoms with Gasteiger partial charge in [0, 0.05) is 78.3 Å². The first-order valence-corrected chi connectivity index (χ1v) is 23.7. The number of ether oxygens (including phenoxy) is 1. The molecule has 6 heterocycles. The molecular weight excluding hydrogens is 935 g/mol. The fourth-order valence-electron chi connectivity index (χ4n) is 8.65. The lowest BCUT2D eigenvalue weighted by Gasteiger charge is -2.41. The van der Waals surface area contributed by atoms with Gasteiger partial charge in [0.1, 0.15) is 29.5 Å². The standard InChI is InChI=1S/C45H46F2N14O8S/c1-4-55(2)70(67,68)54-35-8-6-32(46)40(31(35)23-48)69-28-5-7-34-29(19-28)42(64)61(26-51-34)27-24-49-43(50-25-27)59-17-15-58(16-18-59)39(63)22-45(66)10-13-57(14-11-45)37-21-36-30(20-33(37)47)41(53-56(36)3)60-12-9-38(62)52-44(60)65/h5-8,19-21,24-26,54,66H,4,9-18,22H2,1-3H3,(H,52,62,65). The fourth-order valence-corrected chi connectivity index (χ4v) is 9.60. The molecule has 3 aromatic heterocycles. The van der Waals surface area contributed by atoms with Crippen LogP contribution >= 0.6 is 0 Å². The van der Waals surface area contributed by atoms with E-state index in [1.165, 1.54) is 59.5 Å². The lowest BCUT2D eigenvalue weighted by atomic mass is 9.87. The van der Waals surface area contributed by atoms with Crippen molar-refractivity contribution < 1.29 is 41.4 Å². The van der Waals surface area contributed by atoms with Crippen LogP contribution in [0.15, 0.2) is 66.0 Å². The molecule has 3 fully saturated rings. The van der Waals surface area contributed by atoms with E-state index in [2.05, 4.69) is 30.1 Å². The largest absolute Gasteiger partial charge is 0.453 e. The molecule has 0 saturated carbocycles. The predicted octanol–water partition coefficient (Wildman–Crippen LogP) is 3.13. The number of aliphatic hydroxyl groups is 1. The average Bonchev–Trinajstić information content (AvgIpc) is 3.66. The van der Waals surface area contributed by atoms with E-state index in [0.717, 1.165) is 16.4 Å². The van der Waals surface area contributed by atoms with Crippen molar-refractivity contribution in [3.63, 3.8) is 0 Å². The number of carbonyl (C=O) groups is 3. The molecule has 0 atom stereocenters. The molecule has 70 heavy (non-hydrogen) atoms. The van der Waals surface area contributed by atoms with Gasteiger partial charge in [-0.05, 0) is 55.3 Å². The number of aryl methyl sites for hydroxylation is 1. The number of piperidine rings is 1. The summed E-state index contributed by atoms with van der Waals surface area (Å²) in [6.45, 7) is 3.94. The van der Waals surface area contributed by atoms with Crippen molar-refractivity contribution in [1.29, 1.82) is 5.26 Å². The highest BCUT2D eigenvalue weighted by Crippen LogP contribution is 2.37. The Hall–Kier alpha value is -7.82. The number of hydrogen-bond donors (Lipinski definition) is 3. The molecule has 3 saturated heterocycles.